The molecule has 1 aromatic heterocycles. The lowest BCUT2D eigenvalue weighted by Crippen LogP contribution is -2.18. The first-order chi connectivity index (χ1) is 10.2. The van der Waals surface area contributed by atoms with Crippen LogP contribution in [0.5, 0.6) is 5.75 Å². The molecule has 0 aliphatic carbocycles. The van der Waals surface area contributed by atoms with E-state index in [1.165, 1.54) is 0 Å². The molecule has 3 nitrogen and oxygen atoms in total. The number of pyridine rings is 1. The number of aromatic hydroxyl groups is 1. The van der Waals surface area contributed by atoms with E-state index in [0.29, 0.717) is 10.5 Å². The van der Waals surface area contributed by atoms with Gasteiger partial charge in [0.1, 0.15) is 11.3 Å². The second-order valence-electron chi connectivity index (χ2n) is 4.82. The minimum atomic E-state index is -0.190. The summed E-state index contributed by atoms with van der Waals surface area (Å²) in [6.07, 6.45) is 1.68. The number of benzene rings is 2. The van der Waals surface area contributed by atoms with Crippen molar-refractivity contribution >= 4 is 22.5 Å². The maximum Gasteiger partial charge on any atom is 0.146 e. The van der Waals surface area contributed by atoms with Gasteiger partial charge in [-0.05, 0) is 24.7 Å². The Kier molecular flexibility index (Phi) is 3.78. The lowest BCUT2D eigenvalue weighted by atomic mass is 9.96. The van der Waals surface area contributed by atoms with Crippen molar-refractivity contribution in [1.29, 1.82) is 0 Å². The van der Waals surface area contributed by atoms with E-state index in [0.717, 1.165) is 16.5 Å². The average Bonchev–Trinajstić information content (AvgIpc) is 2.52. The molecule has 0 amide bonds. The van der Waals surface area contributed by atoms with Crippen LogP contribution in [0.1, 0.15) is 17.2 Å². The number of nitrogens with one attached hydrogen (secondary N) is 1. The summed E-state index contributed by atoms with van der Waals surface area (Å²) in [5.41, 5.74) is 2.28. The van der Waals surface area contributed by atoms with Crippen molar-refractivity contribution in [2.75, 3.05) is 7.05 Å². The van der Waals surface area contributed by atoms with Gasteiger partial charge >= 0.3 is 0 Å². The molecule has 3 rings (SSSR count). The van der Waals surface area contributed by atoms with Gasteiger partial charge in [-0.25, -0.2) is 0 Å². The predicted molar refractivity (Wildman–Crippen MR) is 85.8 cm³/mol. The van der Waals surface area contributed by atoms with Gasteiger partial charge in [-0.3, -0.25) is 4.98 Å². The largest absolute Gasteiger partial charge is 0.505 e. The number of hydrogen-bond acceptors (Lipinski definition) is 3. The molecule has 0 aliphatic rings. The maximum atomic E-state index is 10.6. The standard InChI is InChI=1S/C17H15ClN2O/c1-19-16(12-6-2-3-7-14(12)18)13-9-8-11-5-4-10-20-15(11)17(13)21/h2-10,16,19,21H,1H3. The Hall–Kier alpha value is -2.10. The summed E-state index contributed by atoms with van der Waals surface area (Å²) in [6.45, 7) is 0. The topological polar surface area (TPSA) is 45.2 Å². The van der Waals surface area contributed by atoms with Crippen molar-refractivity contribution < 1.29 is 5.11 Å². The van der Waals surface area contributed by atoms with Gasteiger partial charge < -0.3 is 10.4 Å². The third-order valence-corrected chi connectivity index (χ3v) is 3.94. The Morgan fingerprint density at radius 3 is 2.62 bits per heavy atom. The molecule has 106 valence electrons. The van der Waals surface area contributed by atoms with Crippen molar-refractivity contribution in [2.24, 2.45) is 0 Å². The zero-order valence-electron chi connectivity index (χ0n) is 11.5. The number of rotatable bonds is 3. The Bertz CT molecular complexity index is 789. The molecule has 0 spiro atoms. The Labute approximate surface area is 128 Å². The number of hydrogen-bond donors (Lipinski definition) is 2. The van der Waals surface area contributed by atoms with Gasteiger partial charge in [-0.2, -0.15) is 0 Å². The van der Waals surface area contributed by atoms with Crippen LogP contribution in [0, 0.1) is 0 Å². The first kappa shape index (κ1) is 13.9. The van der Waals surface area contributed by atoms with Crippen LogP contribution in [0.2, 0.25) is 5.02 Å². The van der Waals surface area contributed by atoms with E-state index in [2.05, 4.69) is 10.3 Å². The lowest BCUT2D eigenvalue weighted by molar-refractivity contribution is 0.466. The average molecular weight is 299 g/mol. The van der Waals surface area contributed by atoms with Crippen molar-refractivity contribution in [1.82, 2.24) is 10.3 Å². The third-order valence-electron chi connectivity index (χ3n) is 3.60. The quantitative estimate of drug-likeness (QED) is 0.771. The van der Waals surface area contributed by atoms with Crippen LogP contribution < -0.4 is 5.32 Å². The molecule has 2 N–H and O–H groups in total. The molecule has 0 fully saturated rings. The number of phenolic OH excluding ortho intramolecular Hbond substituents is 1. The molecule has 1 heterocycles. The van der Waals surface area contributed by atoms with Crippen LogP contribution in [0.15, 0.2) is 54.7 Å². The SMILES string of the molecule is CNC(c1ccccc1Cl)c1ccc2cccnc2c1O. The van der Waals surface area contributed by atoms with E-state index in [1.54, 1.807) is 6.20 Å². The molecule has 3 aromatic rings. The van der Waals surface area contributed by atoms with Crippen molar-refractivity contribution in [3.63, 3.8) is 0 Å². The highest BCUT2D eigenvalue weighted by Crippen LogP contribution is 2.36. The van der Waals surface area contributed by atoms with Crippen molar-refractivity contribution in [3.8, 4) is 5.75 Å². The normalized spacial score (nSPS) is 12.5. The molecule has 4 heteroatoms. The van der Waals surface area contributed by atoms with Crippen LogP contribution >= 0.6 is 11.6 Å². The molecule has 2 aromatic carbocycles. The second-order valence-corrected chi connectivity index (χ2v) is 5.23. The number of halogens is 1. The van der Waals surface area contributed by atoms with Gasteiger partial charge in [0, 0.05) is 22.2 Å². The fourth-order valence-corrected chi connectivity index (χ4v) is 2.81. The van der Waals surface area contributed by atoms with Gasteiger partial charge in [-0.1, -0.05) is 48.0 Å². The minimum Gasteiger partial charge on any atom is -0.505 e. The minimum absolute atomic E-state index is 0.187. The Balaban J connectivity index is 2.18. The van der Waals surface area contributed by atoms with E-state index in [9.17, 15) is 5.11 Å². The zero-order chi connectivity index (χ0) is 14.8. The summed E-state index contributed by atoms with van der Waals surface area (Å²) in [5.74, 6) is 0.187. The lowest BCUT2D eigenvalue weighted by Gasteiger charge is -2.20. The third kappa shape index (κ3) is 2.46. The van der Waals surface area contributed by atoms with E-state index in [4.69, 9.17) is 11.6 Å². The summed E-state index contributed by atoms with van der Waals surface area (Å²) in [7, 11) is 1.84. The number of phenols is 1. The fraction of sp³-hybridized carbons (Fsp3) is 0.118. The zero-order valence-corrected chi connectivity index (χ0v) is 12.3. The molecular formula is C17H15ClN2O. The molecule has 0 saturated heterocycles. The summed E-state index contributed by atoms with van der Waals surface area (Å²) in [5, 5.41) is 15.3. The summed E-state index contributed by atoms with van der Waals surface area (Å²) in [4.78, 5) is 4.26. The molecule has 21 heavy (non-hydrogen) atoms. The van der Waals surface area contributed by atoms with E-state index >= 15 is 0 Å². The predicted octanol–water partition coefficient (Wildman–Crippen LogP) is 3.90. The Morgan fingerprint density at radius 1 is 1.05 bits per heavy atom. The number of aromatic nitrogens is 1. The molecule has 0 bridgehead atoms. The smallest absolute Gasteiger partial charge is 0.146 e. The molecule has 1 unspecified atom stereocenters. The van der Waals surface area contributed by atoms with Crippen LogP contribution in [-0.2, 0) is 0 Å². The van der Waals surface area contributed by atoms with Crippen LogP contribution in [0.3, 0.4) is 0 Å². The van der Waals surface area contributed by atoms with Crippen LogP contribution in [0.25, 0.3) is 10.9 Å². The first-order valence-corrected chi connectivity index (χ1v) is 7.08. The van der Waals surface area contributed by atoms with E-state index < -0.39 is 0 Å². The van der Waals surface area contributed by atoms with E-state index in [-0.39, 0.29) is 11.8 Å². The van der Waals surface area contributed by atoms with Crippen molar-refractivity contribution in [3.05, 3.63) is 70.9 Å². The summed E-state index contributed by atoms with van der Waals surface area (Å²) < 4.78 is 0. The maximum absolute atomic E-state index is 10.6. The van der Waals surface area contributed by atoms with E-state index in [1.807, 2.05) is 55.6 Å². The fourth-order valence-electron chi connectivity index (χ4n) is 2.57. The monoisotopic (exact) mass is 298 g/mol. The van der Waals surface area contributed by atoms with Crippen molar-refractivity contribution in [2.45, 2.75) is 6.04 Å². The van der Waals surface area contributed by atoms with Gasteiger partial charge in [0.25, 0.3) is 0 Å². The Morgan fingerprint density at radius 2 is 1.86 bits per heavy atom. The highest BCUT2D eigenvalue weighted by Gasteiger charge is 2.19. The van der Waals surface area contributed by atoms with Gasteiger partial charge in [0.05, 0.1) is 6.04 Å². The highest BCUT2D eigenvalue weighted by molar-refractivity contribution is 6.31. The van der Waals surface area contributed by atoms with Crippen LogP contribution in [0.4, 0.5) is 0 Å². The summed E-state index contributed by atoms with van der Waals surface area (Å²) >= 11 is 6.28. The molecule has 0 radical (unpaired) electrons. The molecule has 1 atom stereocenters. The number of fused-ring (bicyclic) bond motifs is 1. The van der Waals surface area contributed by atoms with Gasteiger partial charge in [0.15, 0.2) is 0 Å². The number of nitrogens with zero attached hydrogens (tertiary/aromatic N) is 1. The van der Waals surface area contributed by atoms with Gasteiger partial charge in [-0.15, -0.1) is 0 Å². The first-order valence-electron chi connectivity index (χ1n) is 6.70. The molecule has 0 aliphatic heterocycles. The van der Waals surface area contributed by atoms with Crippen LogP contribution in [-0.4, -0.2) is 17.1 Å². The highest BCUT2D eigenvalue weighted by atomic mass is 35.5. The molecular weight excluding hydrogens is 284 g/mol. The summed E-state index contributed by atoms with van der Waals surface area (Å²) in [6, 6.07) is 15.1. The van der Waals surface area contributed by atoms with Gasteiger partial charge in [0.2, 0.25) is 0 Å². The second kappa shape index (κ2) is 5.72. The molecule has 0 saturated carbocycles.